The standard InChI is InChI=1S/C8H3BrClNO2/c9-5-1-2-6(7(10)3-5)8(13)11-4-12/h1-3H. The maximum atomic E-state index is 11.0. The first-order chi connectivity index (χ1) is 6.15. The average molecular weight is 260 g/mol. The van der Waals surface area contributed by atoms with E-state index in [0.717, 1.165) is 10.6 Å². The fourth-order valence-electron chi connectivity index (χ4n) is 0.765. The van der Waals surface area contributed by atoms with Gasteiger partial charge in [0.25, 0.3) is 5.91 Å². The zero-order valence-electron chi connectivity index (χ0n) is 6.25. The molecule has 0 heterocycles. The van der Waals surface area contributed by atoms with Crippen molar-refractivity contribution in [3.8, 4) is 0 Å². The van der Waals surface area contributed by atoms with Crippen molar-refractivity contribution >= 4 is 39.5 Å². The molecule has 1 amide bonds. The average Bonchev–Trinajstić information content (AvgIpc) is 2.04. The van der Waals surface area contributed by atoms with E-state index in [1.165, 1.54) is 6.07 Å². The number of benzene rings is 1. The molecule has 0 aromatic heterocycles. The lowest BCUT2D eigenvalue weighted by atomic mass is 10.2. The van der Waals surface area contributed by atoms with Crippen LogP contribution in [0.25, 0.3) is 0 Å². The minimum atomic E-state index is -0.688. The largest absolute Gasteiger partial charge is 0.289 e. The van der Waals surface area contributed by atoms with Gasteiger partial charge in [-0.2, -0.15) is 0 Å². The Labute approximate surface area is 87.6 Å². The number of halogens is 2. The molecular weight excluding hydrogens is 257 g/mol. The maximum Gasteiger partial charge on any atom is 0.289 e. The predicted octanol–water partition coefficient (Wildman–Crippen LogP) is 2.58. The third kappa shape index (κ3) is 2.49. The zero-order valence-corrected chi connectivity index (χ0v) is 8.59. The Hall–Kier alpha value is -0.960. The molecule has 1 aromatic carbocycles. The molecule has 5 heteroatoms. The van der Waals surface area contributed by atoms with Gasteiger partial charge < -0.3 is 0 Å². The summed E-state index contributed by atoms with van der Waals surface area (Å²) in [5, 5.41) is 0.248. The van der Waals surface area contributed by atoms with E-state index in [9.17, 15) is 9.59 Å². The molecule has 0 atom stereocenters. The van der Waals surface area contributed by atoms with Gasteiger partial charge >= 0.3 is 0 Å². The number of rotatable bonds is 1. The van der Waals surface area contributed by atoms with Crippen LogP contribution in [0.4, 0.5) is 0 Å². The molecule has 0 aliphatic heterocycles. The molecule has 0 N–H and O–H groups in total. The van der Waals surface area contributed by atoms with Gasteiger partial charge in [0.05, 0.1) is 10.6 Å². The molecule has 1 aromatic rings. The second kappa shape index (κ2) is 4.33. The number of aliphatic imine (C=N–C) groups is 1. The molecule has 0 aliphatic carbocycles. The molecule has 0 saturated carbocycles. The summed E-state index contributed by atoms with van der Waals surface area (Å²) in [4.78, 5) is 23.8. The van der Waals surface area contributed by atoms with Crippen molar-refractivity contribution in [2.75, 3.05) is 0 Å². The molecule has 0 spiro atoms. The van der Waals surface area contributed by atoms with E-state index in [4.69, 9.17) is 11.6 Å². The summed E-state index contributed by atoms with van der Waals surface area (Å²) in [5.74, 6) is -0.688. The van der Waals surface area contributed by atoms with Crippen LogP contribution in [0.2, 0.25) is 5.02 Å². The van der Waals surface area contributed by atoms with Gasteiger partial charge in [0.2, 0.25) is 6.08 Å². The van der Waals surface area contributed by atoms with Gasteiger partial charge in [-0.05, 0) is 18.2 Å². The normalized spacial score (nSPS) is 9.08. The van der Waals surface area contributed by atoms with Crippen LogP contribution in [0, 0.1) is 0 Å². The predicted molar refractivity (Wildman–Crippen MR) is 51.6 cm³/mol. The first kappa shape index (κ1) is 10.1. The molecule has 0 radical (unpaired) electrons. The van der Waals surface area contributed by atoms with Crippen molar-refractivity contribution < 1.29 is 9.59 Å². The molecular formula is C8H3BrClNO2. The fourth-order valence-corrected chi connectivity index (χ4v) is 1.52. The van der Waals surface area contributed by atoms with Crippen LogP contribution >= 0.6 is 27.5 Å². The number of nitrogens with zero attached hydrogens (tertiary/aromatic N) is 1. The van der Waals surface area contributed by atoms with Crippen molar-refractivity contribution in [1.82, 2.24) is 0 Å². The van der Waals surface area contributed by atoms with Crippen molar-refractivity contribution in [3.63, 3.8) is 0 Å². The van der Waals surface area contributed by atoms with Crippen LogP contribution in [0.3, 0.4) is 0 Å². The summed E-state index contributed by atoms with van der Waals surface area (Å²) in [6.45, 7) is 0. The van der Waals surface area contributed by atoms with Gasteiger partial charge in [0, 0.05) is 4.47 Å². The SMILES string of the molecule is O=C=NC(=O)c1ccc(Br)cc1Cl. The molecule has 0 bridgehead atoms. The highest BCUT2D eigenvalue weighted by Gasteiger charge is 2.08. The van der Waals surface area contributed by atoms with Crippen LogP contribution in [0.15, 0.2) is 27.7 Å². The second-order valence-electron chi connectivity index (χ2n) is 2.13. The Kier molecular flexibility index (Phi) is 3.37. The highest BCUT2D eigenvalue weighted by Crippen LogP contribution is 2.21. The van der Waals surface area contributed by atoms with Gasteiger partial charge in [0.1, 0.15) is 0 Å². The van der Waals surface area contributed by atoms with E-state index in [-0.39, 0.29) is 10.6 Å². The van der Waals surface area contributed by atoms with Gasteiger partial charge in [-0.3, -0.25) is 4.79 Å². The van der Waals surface area contributed by atoms with Crippen LogP contribution in [0.1, 0.15) is 10.4 Å². The molecule has 0 unspecified atom stereocenters. The fraction of sp³-hybridized carbons (Fsp3) is 0. The molecule has 1 rings (SSSR count). The van der Waals surface area contributed by atoms with Crippen molar-refractivity contribution in [2.45, 2.75) is 0 Å². The molecule has 0 fully saturated rings. The van der Waals surface area contributed by atoms with E-state index >= 15 is 0 Å². The van der Waals surface area contributed by atoms with E-state index in [2.05, 4.69) is 20.9 Å². The van der Waals surface area contributed by atoms with Crippen molar-refractivity contribution in [2.24, 2.45) is 4.99 Å². The lowest BCUT2D eigenvalue weighted by Crippen LogP contribution is -1.94. The number of hydrogen-bond acceptors (Lipinski definition) is 2. The maximum absolute atomic E-state index is 11.0. The van der Waals surface area contributed by atoms with Gasteiger partial charge in [-0.1, -0.05) is 27.5 Å². The van der Waals surface area contributed by atoms with E-state index in [1.807, 2.05) is 0 Å². The second-order valence-corrected chi connectivity index (χ2v) is 3.46. The van der Waals surface area contributed by atoms with Gasteiger partial charge in [-0.15, -0.1) is 4.99 Å². The first-order valence-electron chi connectivity index (χ1n) is 3.22. The van der Waals surface area contributed by atoms with Crippen LogP contribution < -0.4 is 0 Å². The minimum Gasteiger partial charge on any atom is -0.266 e. The molecule has 0 saturated heterocycles. The number of amides is 1. The summed E-state index contributed by atoms with van der Waals surface area (Å²) in [6, 6.07) is 4.67. The number of carbonyl (C=O) groups excluding carboxylic acids is 2. The number of carbonyl (C=O) groups is 1. The third-order valence-corrected chi connectivity index (χ3v) is 2.11. The van der Waals surface area contributed by atoms with E-state index in [1.54, 1.807) is 12.1 Å². The summed E-state index contributed by atoms with van der Waals surface area (Å²) < 4.78 is 0.754. The Morgan fingerprint density at radius 2 is 2.23 bits per heavy atom. The zero-order chi connectivity index (χ0) is 9.84. The first-order valence-corrected chi connectivity index (χ1v) is 4.39. The topological polar surface area (TPSA) is 46.5 Å². The van der Waals surface area contributed by atoms with Crippen molar-refractivity contribution in [1.29, 1.82) is 0 Å². The molecule has 0 aliphatic rings. The Balaban J connectivity index is 3.16. The van der Waals surface area contributed by atoms with Gasteiger partial charge in [0.15, 0.2) is 0 Å². The lowest BCUT2D eigenvalue weighted by molar-refractivity contribution is 0.100. The van der Waals surface area contributed by atoms with Crippen LogP contribution in [-0.4, -0.2) is 12.0 Å². The lowest BCUT2D eigenvalue weighted by Gasteiger charge is -1.97. The number of hydrogen-bond donors (Lipinski definition) is 0. The Morgan fingerprint density at radius 3 is 2.77 bits per heavy atom. The number of isocyanates is 1. The van der Waals surface area contributed by atoms with Crippen LogP contribution in [-0.2, 0) is 4.79 Å². The summed E-state index contributed by atoms with van der Waals surface area (Å²) in [6.07, 6.45) is 1.16. The minimum absolute atomic E-state index is 0.188. The van der Waals surface area contributed by atoms with Crippen molar-refractivity contribution in [3.05, 3.63) is 33.3 Å². The van der Waals surface area contributed by atoms with E-state index < -0.39 is 5.91 Å². The Bertz CT molecular complexity index is 399. The van der Waals surface area contributed by atoms with Gasteiger partial charge in [-0.25, -0.2) is 4.79 Å². The monoisotopic (exact) mass is 259 g/mol. The quantitative estimate of drug-likeness (QED) is 0.575. The summed E-state index contributed by atoms with van der Waals surface area (Å²) >= 11 is 8.90. The summed E-state index contributed by atoms with van der Waals surface area (Å²) in [5.41, 5.74) is 0.188. The molecule has 66 valence electrons. The highest BCUT2D eigenvalue weighted by molar-refractivity contribution is 9.10. The van der Waals surface area contributed by atoms with Crippen LogP contribution in [0.5, 0.6) is 0 Å². The third-order valence-electron chi connectivity index (χ3n) is 1.31. The highest BCUT2D eigenvalue weighted by atomic mass is 79.9. The molecule has 13 heavy (non-hydrogen) atoms. The van der Waals surface area contributed by atoms with E-state index in [0.29, 0.717) is 0 Å². The smallest absolute Gasteiger partial charge is 0.266 e. The summed E-state index contributed by atoms with van der Waals surface area (Å²) in [7, 11) is 0. The Morgan fingerprint density at radius 1 is 1.54 bits per heavy atom. The molecule has 3 nitrogen and oxygen atoms in total.